The van der Waals surface area contributed by atoms with Crippen molar-refractivity contribution in [2.24, 2.45) is 5.92 Å². The molecule has 0 aromatic rings. The van der Waals surface area contributed by atoms with Gasteiger partial charge in [0.25, 0.3) is 0 Å². The Kier molecular flexibility index (Phi) is 4.26. The molecule has 2 amide bonds. The van der Waals surface area contributed by atoms with Crippen molar-refractivity contribution in [2.75, 3.05) is 13.1 Å². The maximum atomic E-state index is 12.1. The SMILES string of the molecule is CC1CCCN(C(=O)N[C@H]2CCCC[C@@H]2O)C1. The van der Waals surface area contributed by atoms with Crippen molar-refractivity contribution in [3.63, 3.8) is 0 Å². The molecule has 17 heavy (non-hydrogen) atoms. The Balaban J connectivity index is 1.83. The van der Waals surface area contributed by atoms with Gasteiger partial charge in [-0.05, 0) is 31.6 Å². The third kappa shape index (κ3) is 3.35. The first-order valence-corrected chi connectivity index (χ1v) is 6.90. The summed E-state index contributed by atoms with van der Waals surface area (Å²) in [5.74, 6) is 0.603. The van der Waals surface area contributed by atoms with E-state index in [-0.39, 0.29) is 18.2 Å². The molecule has 2 fully saturated rings. The molecule has 1 saturated carbocycles. The number of carbonyl (C=O) groups is 1. The van der Waals surface area contributed by atoms with Crippen LogP contribution >= 0.6 is 0 Å². The van der Waals surface area contributed by atoms with Crippen LogP contribution in [0.25, 0.3) is 0 Å². The Labute approximate surface area is 103 Å². The van der Waals surface area contributed by atoms with Gasteiger partial charge in [0.1, 0.15) is 0 Å². The number of nitrogens with zero attached hydrogens (tertiary/aromatic N) is 1. The number of nitrogens with one attached hydrogen (secondary N) is 1. The van der Waals surface area contributed by atoms with Gasteiger partial charge in [0.05, 0.1) is 12.1 Å². The number of aliphatic hydroxyl groups excluding tert-OH is 1. The predicted molar refractivity (Wildman–Crippen MR) is 66.8 cm³/mol. The summed E-state index contributed by atoms with van der Waals surface area (Å²) in [6, 6.07) is -0.0176. The van der Waals surface area contributed by atoms with Crippen LogP contribution in [0, 0.1) is 5.92 Å². The van der Waals surface area contributed by atoms with Crippen molar-refractivity contribution in [3.05, 3.63) is 0 Å². The number of rotatable bonds is 1. The number of amides is 2. The summed E-state index contributed by atoms with van der Waals surface area (Å²) in [4.78, 5) is 14.0. The Hall–Kier alpha value is -0.770. The van der Waals surface area contributed by atoms with Crippen molar-refractivity contribution in [3.8, 4) is 0 Å². The van der Waals surface area contributed by atoms with Crippen molar-refractivity contribution in [1.29, 1.82) is 0 Å². The van der Waals surface area contributed by atoms with Crippen LogP contribution < -0.4 is 5.32 Å². The molecule has 0 bridgehead atoms. The van der Waals surface area contributed by atoms with Crippen LogP contribution in [0.3, 0.4) is 0 Å². The molecule has 1 heterocycles. The Morgan fingerprint density at radius 2 is 2.00 bits per heavy atom. The molecule has 98 valence electrons. The number of aliphatic hydroxyl groups is 1. The smallest absolute Gasteiger partial charge is 0.317 e. The van der Waals surface area contributed by atoms with Crippen LogP contribution in [0.2, 0.25) is 0 Å². The average Bonchev–Trinajstić information content (AvgIpc) is 2.32. The summed E-state index contributed by atoms with van der Waals surface area (Å²) in [6.07, 6.45) is 5.89. The summed E-state index contributed by atoms with van der Waals surface area (Å²) >= 11 is 0. The molecule has 3 atom stereocenters. The van der Waals surface area contributed by atoms with Gasteiger partial charge in [-0.15, -0.1) is 0 Å². The fourth-order valence-corrected chi connectivity index (χ4v) is 2.90. The summed E-state index contributed by atoms with van der Waals surface area (Å²) < 4.78 is 0. The van der Waals surface area contributed by atoms with Crippen LogP contribution in [0.5, 0.6) is 0 Å². The van der Waals surface area contributed by atoms with E-state index in [0.29, 0.717) is 5.92 Å². The molecule has 2 rings (SSSR count). The van der Waals surface area contributed by atoms with Gasteiger partial charge in [-0.2, -0.15) is 0 Å². The number of piperidine rings is 1. The zero-order chi connectivity index (χ0) is 12.3. The summed E-state index contributed by atoms with van der Waals surface area (Å²) in [7, 11) is 0. The van der Waals surface area contributed by atoms with Gasteiger partial charge in [0.15, 0.2) is 0 Å². The lowest BCUT2D eigenvalue weighted by atomic mass is 9.92. The van der Waals surface area contributed by atoms with E-state index in [0.717, 1.165) is 45.2 Å². The Bertz CT molecular complexity index is 270. The maximum absolute atomic E-state index is 12.1. The molecule has 0 aromatic carbocycles. The van der Waals surface area contributed by atoms with E-state index in [2.05, 4.69) is 12.2 Å². The van der Waals surface area contributed by atoms with E-state index in [1.165, 1.54) is 6.42 Å². The van der Waals surface area contributed by atoms with Crippen molar-refractivity contribution in [1.82, 2.24) is 10.2 Å². The van der Waals surface area contributed by atoms with E-state index in [1.54, 1.807) is 0 Å². The summed E-state index contributed by atoms with van der Waals surface area (Å²) in [5.41, 5.74) is 0. The lowest BCUT2D eigenvalue weighted by molar-refractivity contribution is 0.0873. The van der Waals surface area contributed by atoms with Crippen molar-refractivity contribution >= 4 is 6.03 Å². The third-order valence-corrected chi connectivity index (χ3v) is 3.98. The second-order valence-electron chi connectivity index (χ2n) is 5.60. The topological polar surface area (TPSA) is 52.6 Å². The first-order valence-electron chi connectivity index (χ1n) is 6.90. The first-order chi connectivity index (χ1) is 8.16. The van der Waals surface area contributed by atoms with Gasteiger partial charge in [-0.1, -0.05) is 19.8 Å². The highest BCUT2D eigenvalue weighted by molar-refractivity contribution is 5.74. The molecule has 2 aliphatic rings. The molecule has 1 aliphatic carbocycles. The minimum absolute atomic E-state index is 0.0162. The second-order valence-corrected chi connectivity index (χ2v) is 5.60. The summed E-state index contributed by atoms with van der Waals surface area (Å²) in [5, 5.41) is 12.8. The quantitative estimate of drug-likeness (QED) is 0.733. The van der Waals surface area contributed by atoms with Gasteiger partial charge < -0.3 is 15.3 Å². The maximum Gasteiger partial charge on any atom is 0.317 e. The number of urea groups is 1. The fourth-order valence-electron chi connectivity index (χ4n) is 2.90. The van der Waals surface area contributed by atoms with Crippen LogP contribution in [0.15, 0.2) is 0 Å². The molecule has 0 spiro atoms. The normalized spacial score (nSPS) is 34.5. The largest absolute Gasteiger partial charge is 0.391 e. The highest BCUT2D eigenvalue weighted by Crippen LogP contribution is 2.20. The van der Waals surface area contributed by atoms with Crippen LogP contribution in [-0.2, 0) is 0 Å². The van der Waals surface area contributed by atoms with Crippen molar-refractivity contribution in [2.45, 2.75) is 57.6 Å². The van der Waals surface area contributed by atoms with Gasteiger partial charge in [0, 0.05) is 13.1 Å². The summed E-state index contributed by atoms with van der Waals surface area (Å²) in [6.45, 7) is 3.91. The van der Waals surface area contributed by atoms with E-state index in [4.69, 9.17) is 0 Å². The Morgan fingerprint density at radius 3 is 2.71 bits per heavy atom. The van der Waals surface area contributed by atoms with Gasteiger partial charge in [-0.25, -0.2) is 4.79 Å². The van der Waals surface area contributed by atoms with E-state index < -0.39 is 0 Å². The standard InChI is InChI=1S/C13H24N2O2/c1-10-5-4-8-15(9-10)13(17)14-11-6-2-3-7-12(11)16/h10-12,16H,2-9H2,1H3,(H,14,17)/t10?,11-,12-/m0/s1. The molecular formula is C13H24N2O2. The number of carbonyl (C=O) groups excluding carboxylic acids is 1. The molecule has 0 aromatic heterocycles. The van der Waals surface area contributed by atoms with Crippen molar-refractivity contribution < 1.29 is 9.90 Å². The van der Waals surface area contributed by atoms with E-state index in [9.17, 15) is 9.90 Å². The predicted octanol–water partition coefficient (Wildman–Crippen LogP) is 1.73. The highest BCUT2D eigenvalue weighted by atomic mass is 16.3. The molecular weight excluding hydrogens is 216 g/mol. The lowest BCUT2D eigenvalue weighted by Gasteiger charge is -2.34. The zero-order valence-electron chi connectivity index (χ0n) is 10.7. The second kappa shape index (κ2) is 5.71. The van der Waals surface area contributed by atoms with Crippen LogP contribution in [0.4, 0.5) is 4.79 Å². The molecule has 1 saturated heterocycles. The molecule has 1 aliphatic heterocycles. The zero-order valence-corrected chi connectivity index (χ0v) is 10.7. The molecule has 1 unspecified atom stereocenters. The minimum atomic E-state index is -0.352. The van der Waals surface area contributed by atoms with E-state index in [1.807, 2.05) is 4.90 Å². The number of hydrogen-bond donors (Lipinski definition) is 2. The lowest BCUT2D eigenvalue weighted by Crippen LogP contribution is -2.52. The van der Waals surface area contributed by atoms with Gasteiger partial charge >= 0.3 is 6.03 Å². The molecule has 4 heteroatoms. The third-order valence-electron chi connectivity index (χ3n) is 3.98. The first kappa shape index (κ1) is 12.7. The number of likely N-dealkylation sites (tertiary alicyclic amines) is 1. The minimum Gasteiger partial charge on any atom is -0.391 e. The van der Waals surface area contributed by atoms with Crippen LogP contribution in [-0.4, -0.2) is 41.3 Å². The molecule has 0 radical (unpaired) electrons. The Morgan fingerprint density at radius 1 is 1.24 bits per heavy atom. The highest BCUT2D eigenvalue weighted by Gasteiger charge is 2.27. The molecule has 2 N–H and O–H groups in total. The van der Waals surface area contributed by atoms with Gasteiger partial charge in [-0.3, -0.25) is 0 Å². The average molecular weight is 240 g/mol. The van der Waals surface area contributed by atoms with Gasteiger partial charge in [0.2, 0.25) is 0 Å². The molecule has 4 nitrogen and oxygen atoms in total. The number of hydrogen-bond acceptors (Lipinski definition) is 2. The van der Waals surface area contributed by atoms with Crippen LogP contribution in [0.1, 0.15) is 45.4 Å². The van der Waals surface area contributed by atoms with E-state index >= 15 is 0 Å². The monoisotopic (exact) mass is 240 g/mol. The fraction of sp³-hybridized carbons (Fsp3) is 0.923.